The number of carbonyl (C=O) groups is 1. The lowest BCUT2D eigenvalue weighted by Crippen LogP contribution is -2.50. The highest BCUT2D eigenvalue weighted by atomic mass is 32.2. The van der Waals surface area contributed by atoms with Crippen LogP contribution in [0.5, 0.6) is 5.75 Å². The standard InChI is InChI=1S/C20H23F2N3O4S/c1-29-15-5-7-16(8-6-15)30(27,28)25-13-11-24(12-14-25)10-9-23-20(26)19-17(21)3-2-4-18(19)22/h2-8H,9-14H2,1H3,(H,23,26). The van der Waals surface area contributed by atoms with Gasteiger partial charge in [-0.05, 0) is 36.4 Å². The first-order valence-electron chi connectivity index (χ1n) is 9.41. The second-order valence-electron chi connectivity index (χ2n) is 6.77. The molecule has 1 heterocycles. The lowest BCUT2D eigenvalue weighted by atomic mass is 10.2. The highest BCUT2D eigenvalue weighted by molar-refractivity contribution is 7.89. The minimum absolute atomic E-state index is 0.192. The van der Waals surface area contributed by atoms with Gasteiger partial charge in [0.2, 0.25) is 10.0 Å². The third-order valence-electron chi connectivity index (χ3n) is 4.93. The molecule has 0 radical (unpaired) electrons. The van der Waals surface area contributed by atoms with Crippen molar-refractivity contribution in [3.8, 4) is 5.75 Å². The van der Waals surface area contributed by atoms with E-state index in [-0.39, 0.29) is 11.4 Å². The van der Waals surface area contributed by atoms with Crippen molar-refractivity contribution >= 4 is 15.9 Å². The van der Waals surface area contributed by atoms with Gasteiger partial charge < -0.3 is 10.1 Å². The van der Waals surface area contributed by atoms with Gasteiger partial charge in [-0.2, -0.15) is 4.31 Å². The molecule has 2 aromatic carbocycles. The Kier molecular flexibility index (Phi) is 7.01. The van der Waals surface area contributed by atoms with E-state index in [4.69, 9.17) is 4.74 Å². The van der Waals surface area contributed by atoms with E-state index in [9.17, 15) is 22.0 Å². The van der Waals surface area contributed by atoms with Crippen LogP contribution in [0.25, 0.3) is 0 Å². The molecule has 162 valence electrons. The molecule has 1 amide bonds. The quantitative estimate of drug-likeness (QED) is 0.711. The molecular weight excluding hydrogens is 416 g/mol. The number of sulfonamides is 1. The van der Waals surface area contributed by atoms with Gasteiger partial charge in [0, 0.05) is 39.3 Å². The molecular formula is C20H23F2N3O4S. The molecule has 1 N–H and O–H groups in total. The van der Waals surface area contributed by atoms with Crippen LogP contribution in [0.3, 0.4) is 0 Å². The van der Waals surface area contributed by atoms with E-state index in [1.54, 1.807) is 12.1 Å². The van der Waals surface area contributed by atoms with Gasteiger partial charge in [0.05, 0.1) is 12.0 Å². The zero-order valence-corrected chi connectivity index (χ0v) is 17.3. The summed E-state index contributed by atoms with van der Waals surface area (Å²) < 4.78 is 59.3. The zero-order valence-electron chi connectivity index (χ0n) is 16.5. The summed E-state index contributed by atoms with van der Waals surface area (Å²) in [6, 6.07) is 9.48. The van der Waals surface area contributed by atoms with Gasteiger partial charge >= 0.3 is 0 Å². The van der Waals surface area contributed by atoms with Crippen LogP contribution in [-0.4, -0.2) is 69.9 Å². The van der Waals surface area contributed by atoms with Crippen molar-refractivity contribution in [2.24, 2.45) is 0 Å². The number of nitrogens with zero attached hydrogens (tertiary/aromatic N) is 2. The number of hydrogen-bond donors (Lipinski definition) is 1. The average Bonchev–Trinajstić information content (AvgIpc) is 2.74. The Morgan fingerprint density at radius 2 is 1.63 bits per heavy atom. The molecule has 1 aliphatic rings. The summed E-state index contributed by atoms with van der Waals surface area (Å²) in [6.45, 7) is 2.23. The number of carbonyl (C=O) groups excluding carboxylic acids is 1. The molecule has 1 saturated heterocycles. The van der Waals surface area contributed by atoms with Crippen LogP contribution in [-0.2, 0) is 10.0 Å². The van der Waals surface area contributed by atoms with E-state index in [0.29, 0.717) is 38.5 Å². The number of amides is 1. The van der Waals surface area contributed by atoms with Gasteiger partial charge in [0.1, 0.15) is 22.9 Å². The molecule has 0 unspecified atom stereocenters. The van der Waals surface area contributed by atoms with Crippen LogP contribution in [0.1, 0.15) is 10.4 Å². The molecule has 0 spiro atoms. The third-order valence-corrected chi connectivity index (χ3v) is 6.84. The highest BCUT2D eigenvalue weighted by Crippen LogP contribution is 2.20. The van der Waals surface area contributed by atoms with E-state index in [1.165, 1.54) is 29.6 Å². The Bertz CT molecular complexity index is 971. The van der Waals surface area contributed by atoms with Crippen LogP contribution in [0.2, 0.25) is 0 Å². The molecule has 0 aromatic heterocycles. The Balaban J connectivity index is 1.49. The topological polar surface area (TPSA) is 79.0 Å². The number of ether oxygens (including phenoxy) is 1. The van der Waals surface area contributed by atoms with Crippen LogP contribution in [0, 0.1) is 11.6 Å². The van der Waals surface area contributed by atoms with Crippen molar-refractivity contribution in [3.63, 3.8) is 0 Å². The predicted molar refractivity (Wildman–Crippen MR) is 107 cm³/mol. The minimum Gasteiger partial charge on any atom is -0.497 e. The summed E-state index contributed by atoms with van der Waals surface area (Å²) in [5.74, 6) is -2.06. The van der Waals surface area contributed by atoms with Gasteiger partial charge in [-0.25, -0.2) is 17.2 Å². The molecule has 1 fully saturated rings. The molecule has 0 aliphatic carbocycles. The summed E-state index contributed by atoms with van der Waals surface area (Å²) in [6.07, 6.45) is 0. The summed E-state index contributed by atoms with van der Waals surface area (Å²) in [4.78, 5) is 14.2. The van der Waals surface area contributed by atoms with Crippen molar-refractivity contribution in [2.75, 3.05) is 46.4 Å². The maximum Gasteiger partial charge on any atom is 0.257 e. The highest BCUT2D eigenvalue weighted by Gasteiger charge is 2.28. The van der Waals surface area contributed by atoms with Crippen LogP contribution in [0.15, 0.2) is 47.4 Å². The third kappa shape index (κ3) is 4.94. The maximum absolute atomic E-state index is 13.6. The predicted octanol–water partition coefficient (Wildman–Crippen LogP) is 1.71. The SMILES string of the molecule is COc1ccc(S(=O)(=O)N2CCN(CCNC(=O)c3c(F)cccc3F)CC2)cc1. The summed E-state index contributed by atoms with van der Waals surface area (Å²) in [5.41, 5.74) is -0.604. The van der Waals surface area contributed by atoms with Crippen LogP contribution >= 0.6 is 0 Å². The number of rotatable bonds is 7. The maximum atomic E-state index is 13.6. The average molecular weight is 439 g/mol. The number of halogens is 2. The Morgan fingerprint density at radius 3 is 2.20 bits per heavy atom. The fourth-order valence-corrected chi connectivity index (χ4v) is 4.64. The van der Waals surface area contributed by atoms with Crippen molar-refractivity contribution in [1.29, 1.82) is 0 Å². The molecule has 0 bridgehead atoms. The second-order valence-corrected chi connectivity index (χ2v) is 8.71. The first kappa shape index (κ1) is 22.1. The number of methoxy groups -OCH3 is 1. The normalized spacial score (nSPS) is 15.7. The fraction of sp³-hybridized carbons (Fsp3) is 0.350. The largest absolute Gasteiger partial charge is 0.497 e. The molecule has 3 rings (SSSR count). The zero-order chi connectivity index (χ0) is 21.7. The molecule has 0 saturated carbocycles. The molecule has 0 atom stereocenters. The van der Waals surface area contributed by atoms with E-state index < -0.39 is 33.1 Å². The number of benzene rings is 2. The van der Waals surface area contributed by atoms with Crippen molar-refractivity contribution in [2.45, 2.75) is 4.90 Å². The summed E-state index contributed by atoms with van der Waals surface area (Å²) in [7, 11) is -2.08. The summed E-state index contributed by atoms with van der Waals surface area (Å²) >= 11 is 0. The van der Waals surface area contributed by atoms with Crippen molar-refractivity contribution < 1.29 is 26.7 Å². The lowest BCUT2D eigenvalue weighted by Gasteiger charge is -2.34. The lowest BCUT2D eigenvalue weighted by molar-refractivity contribution is 0.0936. The van der Waals surface area contributed by atoms with Gasteiger partial charge in [0.25, 0.3) is 5.91 Å². The van der Waals surface area contributed by atoms with Gasteiger partial charge in [0.15, 0.2) is 0 Å². The molecule has 1 aliphatic heterocycles. The molecule has 30 heavy (non-hydrogen) atoms. The number of piperazine rings is 1. The first-order valence-corrected chi connectivity index (χ1v) is 10.9. The van der Waals surface area contributed by atoms with E-state index >= 15 is 0 Å². The van der Waals surface area contributed by atoms with Crippen molar-refractivity contribution in [1.82, 2.24) is 14.5 Å². The minimum atomic E-state index is -3.59. The Labute approximate surface area is 174 Å². The van der Waals surface area contributed by atoms with Gasteiger partial charge in [-0.1, -0.05) is 6.07 Å². The summed E-state index contributed by atoms with van der Waals surface area (Å²) in [5, 5.41) is 2.50. The van der Waals surface area contributed by atoms with E-state index in [1.807, 2.05) is 4.90 Å². The van der Waals surface area contributed by atoms with Gasteiger partial charge in [-0.3, -0.25) is 9.69 Å². The monoisotopic (exact) mass is 439 g/mol. The van der Waals surface area contributed by atoms with Crippen LogP contribution in [0.4, 0.5) is 8.78 Å². The smallest absolute Gasteiger partial charge is 0.257 e. The van der Waals surface area contributed by atoms with E-state index in [2.05, 4.69) is 5.32 Å². The Hall–Kier alpha value is -2.56. The number of hydrogen-bond acceptors (Lipinski definition) is 5. The molecule has 2 aromatic rings. The van der Waals surface area contributed by atoms with Crippen molar-refractivity contribution in [3.05, 3.63) is 59.7 Å². The molecule has 10 heteroatoms. The second kappa shape index (κ2) is 9.50. The van der Waals surface area contributed by atoms with Crippen LogP contribution < -0.4 is 10.1 Å². The number of nitrogens with one attached hydrogen (secondary N) is 1. The molecule has 7 nitrogen and oxygen atoms in total. The van der Waals surface area contributed by atoms with Gasteiger partial charge in [-0.15, -0.1) is 0 Å². The Morgan fingerprint density at radius 1 is 1.03 bits per heavy atom. The fourth-order valence-electron chi connectivity index (χ4n) is 3.22. The first-order chi connectivity index (χ1) is 14.3. The van der Waals surface area contributed by atoms with E-state index in [0.717, 1.165) is 12.1 Å².